The molecule has 3 heterocycles. The van der Waals surface area contributed by atoms with Crippen molar-refractivity contribution >= 4 is 22.6 Å². The summed E-state index contributed by atoms with van der Waals surface area (Å²) >= 11 is 0. The molecule has 8 heteroatoms. The summed E-state index contributed by atoms with van der Waals surface area (Å²) in [7, 11) is 1.89. The van der Waals surface area contributed by atoms with Crippen LogP contribution in [0.5, 0.6) is 0 Å². The van der Waals surface area contributed by atoms with E-state index in [0.29, 0.717) is 25.6 Å². The molecule has 27 heavy (non-hydrogen) atoms. The lowest BCUT2D eigenvalue weighted by molar-refractivity contribution is -0.119. The second-order valence-electron chi connectivity index (χ2n) is 6.85. The van der Waals surface area contributed by atoms with Gasteiger partial charge in [0.05, 0.1) is 31.5 Å². The molecule has 0 spiro atoms. The number of carbonyl (C=O) groups is 1. The standard InChI is InChI=1S/C19H22N6O2/c1-13-12-27-6-5-25(13)11-19(26)21-18-8-15-7-14(3-4-17(15)22-23-18)16-9-20-24(2)10-16/h3-4,7-10,13H,5-6,11-12H2,1-2H3,(H,21,23,26). The van der Waals surface area contributed by atoms with E-state index in [1.807, 2.05) is 43.7 Å². The van der Waals surface area contributed by atoms with E-state index in [0.717, 1.165) is 28.6 Å². The molecule has 1 fully saturated rings. The van der Waals surface area contributed by atoms with E-state index in [1.165, 1.54) is 0 Å². The van der Waals surface area contributed by atoms with Crippen molar-refractivity contribution in [3.8, 4) is 11.1 Å². The summed E-state index contributed by atoms with van der Waals surface area (Å²) in [6.07, 6.45) is 3.78. The number of amides is 1. The summed E-state index contributed by atoms with van der Waals surface area (Å²) in [6, 6.07) is 8.02. The number of ether oxygens (including phenoxy) is 1. The Morgan fingerprint density at radius 1 is 1.30 bits per heavy atom. The first kappa shape index (κ1) is 17.6. The molecule has 1 aliphatic heterocycles. The third kappa shape index (κ3) is 3.96. The fourth-order valence-electron chi connectivity index (χ4n) is 3.22. The molecule has 1 aliphatic rings. The van der Waals surface area contributed by atoms with Crippen LogP contribution >= 0.6 is 0 Å². The van der Waals surface area contributed by atoms with Crippen molar-refractivity contribution in [2.75, 3.05) is 31.6 Å². The Morgan fingerprint density at radius 3 is 2.96 bits per heavy atom. The molecule has 0 aliphatic carbocycles. The lowest BCUT2D eigenvalue weighted by atomic mass is 10.1. The van der Waals surface area contributed by atoms with Gasteiger partial charge in [-0.15, -0.1) is 10.2 Å². The van der Waals surface area contributed by atoms with Crippen LogP contribution in [0.4, 0.5) is 5.82 Å². The number of benzene rings is 1. The van der Waals surface area contributed by atoms with Crippen LogP contribution in [0.15, 0.2) is 36.7 Å². The maximum Gasteiger partial charge on any atom is 0.239 e. The van der Waals surface area contributed by atoms with Crippen LogP contribution in [0.3, 0.4) is 0 Å². The first-order valence-electron chi connectivity index (χ1n) is 8.96. The van der Waals surface area contributed by atoms with Crippen LogP contribution in [0.1, 0.15) is 6.92 Å². The number of hydrogen-bond acceptors (Lipinski definition) is 6. The number of morpholine rings is 1. The van der Waals surface area contributed by atoms with Crippen LogP contribution < -0.4 is 5.32 Å². The molecule has 1 unspecified atom stereocenters. The predicted octanol–water partition coefficient (Wildman–Crippen LogP) is 1.69. The predicted molar refractivity (Wildman–Crippen MR) is 102 cm³/mol. The molecule has 4 rings (SSSR count). The van der Waals surface area contributed by atoms with Gasteiger partial charge in [-0.3, -0.25) is 14.4 Å². The van der Waals surface area contributed by atoms with Gasteiger partial charge in [-0.05, 0) is 30.7 Å². The molecule has 1 N–H and O–H groups in total. The van der Waals surface area contributed by atoms with Gasteiger partial charge in [0.25, 0.3) is 0 Å². The van der Waals surface area contributed by atoms with Gasteiger partial charge in [0.2, 0.25) is 5.91 Å². The molecule has 8 nitrogen and oxygen atoms in total. The van der Waals surface area contributed by atoms with Crippen LogP contribution in [-0.2, 0) is 16.6 Å². The second-order valence-corrected chi connectivity index (χ2v) is 6.85. The zero-order chi connectivity index (χ0) is 18.8. The van der Waals surface area contributed by atoms with E-state index in [9.17, 15) is 4.79 Å². The third-order valence-electron chi connectivity index (χ3n) is 4.74. The van der Waals surface area contributed by atoms with Crippen molar-refractivity contribution in [3.05, 3.63) is 36.7 Å². The van der Waals surface area contributed by atoms with E-state index in [4.69, 9.17) is 4.74 Å². The van der Waals surface area contributed by atoms with Gasteiger partial charge in [-0.25, -0.2) is 0 Å². The molecule has 1 aromatic carbocycles. The smallest absolute Gasteiger partial charge is 0.239 e. The fourth-order valence-corrected chi connectivity index (χ4v) is 3.22. The van der Waals surface area contributed by atoms with Crippen molar-refractivity contribution in [1.29, 1.82) is 0 Å². The number of carbonyl (C=O) groups excluding carboxylic acids is 1. The Hall–Kier alpha value is -2.84. The summed E-state index contributed by atoms with van der Waals surface area (Å²) in [5, 5.41) is 16.3. The van der Waals surface area contributed by atoms with E-state index in [2.05, 4.69) is 32.4 Å². The van der Waals surface area contributed by atoms with E-state index < -0.39 is 0 Å². The van der Waals surface area contributed by atoms with Crippen molar-refractivity contribution in [2.24, 2.45) is 7.05 Å². The molecule has 1 amide bonds. The molecule has 0 bridgehead atoms. The highest BCUT2D eigenvalue weighted by molar-refractivity contribution is 5.93. The first-order valence-corrected chi connectivity index (χ1v) is 8.96. The molecule has 1 atom stereocenters. The molecule has 0 saturated carbocycles. The van der Waals surface area contributed by atoms with Crippen LogP contribution in [0.25, 0.3) is 22.0 Å². The highest BCUT2D eigenvalue weighted by Crippen LogP contribution is 2.24. The number of anilines is 1. The summed E-state index contributed by atoms with van der Waals surface area (Å²) in [6.45, 7) is 4.44. The number of nitrogens with zero attached hydrogens (tertiary/aromatic N) is 5. The topological polar surface area (TPSA) is 85.2 Å². The maximum atomic E-state index is 12.4. The molecular weight excluding hydrogens is 344 g/mol. The number of aromatic nitrogens is 4. The number of nitrogens with one attached hydrogen (secondary N) is 1. The normalized spacial score (nSPS) is 17.9. The lowest BCUT2D eigenvalue weighted by Gasteiger charge is -2.32. The van der Waals surface area contributed by atoms with E-state index >= 15 is 0 Å². The average Bonchev–Trinajstić information content (AvgIpc) is 3.09. The van der Waals surface area contributed by atoms with Gasteiger partial charge in [-0.2, -0.15) is 5.10 Å². The summed E-state index contributed by atoms with van der Waals surface area (Å²) in [5.41, 5.74) is 2.86. The minimum Gasteiger partial charge on any atom is -0.379 e. The van der Waals surface area contributed by atoms with Crippen molar-refractivity contribution in [3.63, 3.8) is 0 Å². The molecule has 2 aromatic heterocycles. The van der Waals surface area contributed by atoms with Crippen LogP contribution in [0, 0.1) is 0 Å². The minimum absolute atomic E-state index is 0.0965. The molecule has 3 aromatic rings. The number of aryl methyl sites for hydroxylation is 1. The van der Waals surface area contributed by atoms with E-state index in [-0.39, 0.29) is 11.9 Å². The van der Waals surface area contributed by atoms with Gasteiger partial charge >= 0.3 is 0 Å². The Kier molecular flexibility index (Phi) is 4.83. The Balaban J connectivity index is 1.51. The van der Waals surface area contributed by atoms with Gasteiger partial charge in [0.1, 0.15) is 0 Å². The maximum absolute atomic E-state index is 12.4. The Labute approximate surface area is 157 Å². The van der Waals surface area contributed by atoms with Gasteiger partial charge in [0.15, 0.2) is 5.82 Å². The summed E-state index contributed by atoms with van der Waals surface area (Å²) in [4.78, 5) is 14.5. The Morgan fingerprint density at radius 2 is 2.19 bits per heavy atom. The van der Waals surface area contributed by atoms with Crippen molar-refractivity contribution in [1.82, 2.24) is 24.9 Å². The van der Waals surface area contributed by atoms with Gasteiger partial charge in [-0.1, -0.05) is 6.07 Å². The fraction of sp³-hybridized carbons (Fsp3) is 0.368. The molecule has 1 saturated heterocycles. The SMILES string of the molecule is CC1COCCN1CC(=O)Nc1cc2cc(-c3cnn(C)c3)ccc2nn1. The van der Waals surface area contributed by atoms with Crippen LogP contribution in [-0.4, -0.2) is 63.1 Å². The molecule has 0 radical (unpaired) electrons. The Bertz CT molecular complexity index is 970. The largest absolute Gasteiger partial charge is 0.379 e. The highest BCUT2D eigenvalue weighted by atomic mass is 16.5. The number of hydrogen-bond donors (Lipinski definition) is 1. The van der Waals surface area contributed by atoms with Gasteiger partial charge in [0, 0.05) is 36.8 Å². The van der Waals surface area contributed by atoms with Crippen LogP contribution in [0.2, 0.25) is 0 Å². The molecule has 140 valence electrons. The summed E-state index contributed by atoms with van der Waals surface area (Å²) in [5.74, 6) is 0.359. The number of fused-ring (bicyclic) bond motifs is 1. The quantitative estimate of drug-likeness (QED) is 0.756. The average molecular weight is 366 g/mol. The number of rotatable bonds is 4. The monoisotopic (exact) mass is 366 g/mol. The van der Waals surface area contributed by atoms with E-state index in [1.54, 1.807) is 4.68 Å². The third-order valence-corrected chi connectivity index (χ3v) is 4.74. The van der Waals surface area contributed by atoms with Gasteiger partial charge < -0.3 is 10.1 Å². The zero-order valence-corrected chi connectivity index (χ0v) is 15.4. The van der Waals surface area contributed by atoms with Crippen molar-refractivity contribution < 1.29 is 9.53 Å². The zero-order valence-electron chi connectivity index (χ0n) is 15.4. The highest BCUT2D eigenvalue weighted by Gasteiger charge is 2.21. The lowest BCUT2D eigenvalue weighted by Crippen LogP contribution is -2.47. The first-order chi connectivity index (χ1) is 13.1. The summed E-state index contributed by atoms with van der Waals surface area (Å²) < 4.78 is 7.17. The minimum atomic E-state index is -0.0965. The molecular formula is C19H22N6O2. The second kappa shape index (κ2) is 7.42. The van der Waals surface area contributed by atoms with Crippen molar-refractivity contribution in [2.45, 2.75) is 13.0 Å².